The monoisotopic (exact) mass is 648 g/mol. The van der Waals surface area contributed by atoms with E-state index in [9.17, 15) is 14.4 Å². The molecule has 1 heterocycles. The highest BCUT2D eigenvalue weighted by Gasteiger charge is 2.56. The molecule has 1 aliphatic heterocycles. The number of Topliss-reactive ketones (excluding diaryl/α,β-unsaturated/α-hetero) is 2. The van der Waals surface area contributed by atoms with Crippen LogP contribution in [0.2, 0.25) is 0 Å². The number of carbonyl (C=O) groups is 2. The smallest absolute Gasteiger partial charge is 0.183 e. The van der Waals surface area contributed by atoms with E-state index in [0.717, 1.165) is 25.7 Å². The Hall–Kier alpha value is -2.17. The molecule has 1 saturated heterocycles. The zero-order valence-electron chi connectivity index (χ0n) is 32.5. The van der Waals surface area contributed by atoms with Gasteiger partial charge in [-0.1, -0.05) is 90.0 Å². The molecule has 7 atom stereocenters. The van der Waals surface area contributed by atoms with Gasteiger partial charge in [-0.05, 0) is 63.9 Å². The molecule has 0 aromatic heterocycles. The third-order valence-corrected chi connectivity index (χ3v) is 9.46. The van der Waals surface area contributed by atoms with Crippen LogP contribution in [0.25, 0.3) is 0 Å². The van der Waals surface area contributed by atoms with E-state index in [-0.39, 0.29) is 46.7 Å². The first-order valence-corrected chi connectivity index (χ1v) is 18.3. The van der Waals surface area contributed by atoms with E-state index in [2.05, 4.69) is 58.3 Å². The van der Waals surface area contributed by atoms with Crippen molar-refractivity contribution in [1.82, 2.24) is 4.90 Å². The van der Waals surface area contributed by atoms with Gasteiger partial charge in [-0.3, -0.25) is 9.59 Å². The lowest BCUT2D eigenvalue weighted by Gasteiger charge is -2.42. The Bertz CT molecular complexity index is 963. The van der Waals surface area contributed by atoms with Gasteiger partial charge in [-0.25, -0.2) is 4.79 Å². The van der Waals surface area contributed by atoms with Crippen LogP contribution in [0.15, 0.2) is 31.2 Å². The number of nitrogens with zero attached hydrogens (tertiary/aromatic N) is 1. The van der Waals surface area contributed by atoms with Crippen LogP contribution in [0.3, 0.4) is 0 Å². The Morgan fingerprint density at radius 3 is 1.87 bits per heavy atom. The number of rotatable bonds is 6. The van der Waals surface area contributed by atoms with E-state index in [4.69, 9.17) is 9.47 Å². The predicted molar refractivity (Wildman–Crippen MR) is 195 cm³/mol. The molecule has 46 heavy (non-hydrogen) atoms. The normalized spacial score (nSPS) is 31.0. The Balaban J connectivity index is 0. The Morgan fingerprint density at radius 1 is 0.913 bits per heavy atom. The Labute approximate surface area is 284 Å². The summed E-state index contributed by atoms with van der Waals surface area (Å²) in [4.78, 5) is 41.8. The van der Waals surface area contributed by atoms with Crippen molar-refractivity contribution in [3.63, 3.8) is 0 Å². The van der Waals surface area contributed by atoms with Crippen LogP contribution in [-0.4, -0.2) is 53.3 Å². The van der Waals surface area contributed by atoms with Crippen molar-refractivity contribution in [3.8, 4) is 0 Å². The summed E-state index contributed by atoms with van der Waals surface area (Å²) < 4.78 is 12.5. The lowest BCUT2D eigenvalue weighted by atomic mass is 9.67. The SMILES string of the molecule is C=C.C=C1O[C@@]2(C)C(C(C)C(=O)[C@H](C)CC(C)(C)C[C@@H](C)C(=O)C(C)C(=C=O)C[C@@H]2CC)N1CCCOC1CC1.CC.CC.CC. The first kappa shape index (κ1) is 46.0. The number of ketones is 2. The van der Waals surface area contributed by atoms with Crippen molar-refractivity contribution < 1.29 is 23.9 Å². The van der Waals surface area contributed by atoms with E-state index in [0.29, 0.717) is 50.0 Å². The molecule has 0 spiro atoms. The van der Waals surface area contributed by atoms with E-state index in [1.165, 1.54) is 0 Å². The maximum atomic E-state index is 14.0. The van der Waals surface area contributed by atoms with Crippen LogP contribution in [0, 0.1) is 35.0 Å². The number of fused-ring (bicyclic) bond motifs is 1. The van der Waals surface area contributed by atoms with Gasteiger partial charge in [-0.15, -0.1) is 13.2 Å². The van der Waals surface area contributed by atoms with Gasteiger partial charge in [0.05, 0.1) is 12.1 Å². The van der Waals surface area contributed by atoms with Crippen molar-refractivity contribution in [2.45, 2.75) is 160 Å². The molecular weight excluding hydrogens is 574 g/mol. The van der Waals surface area contributed by atoms with Crippen LogP contribution >= 0.6 is 0 Å². The molecule has 0 aromatic carbocycles. The highest BCUT2D eigenvalue weighted by molar-refractivity contribution is 5.87. The van der Waals surface area contributed by atoms with Crippen molar-refractivity contribution in [2.24, 2.45) is 35.0 Å². The molecule has 2 saturated carbocycles. The molecule has 6 heteroatoms. The summed E-state index contributed by atoms with van der Waals surface area (Å²) in [6.45, 7) is 39.9. The molecule has 0 radical (unpaired) electrons. The molecule has 0 amide bonds. The lowest BCUT2D eigenvalue weighted by molar-refractivity contribution is -0.131. The fourth-order valence-electron chi connectivity index (χ4n) is 7.38. The van der Waals surface area contributed by atoms with Gasteiger partial charge in [0, 0.05) is 48.3 Å². The second kappa shape index (κ2) is 22.4. The number of allylic oxidation sites excluding steroid dienone is 1. The van der Waals surface area contributed by atoms with E-state index < -0.39 is 11.5 Å². The minimum absolute atomic E-state index is 0.0754. The van der Waals surface area contributed by atoms with Gasteiger partial charge >= 0.3 is 0 Å². The standard InChI is InChI=1S/C32H51NO5.3C2H6.C2H4/c1-10-26-16-25(19-34)22(4)28(35)20(2)17-31(7,8)18-21(3)29(36)23(5)30-32(26,9)38-24(6)33(30)14-11-15-37-27-12-13-27;4*1-2/h20-23,26-27,30H,6,10-18H2,1-5,7-9H3;3*1-2H3;1-2H2/t20-,21-,22?,23?,26+,30?,32-;;;;/m1..../s1. The summed E-state index contributed by atoms with van der Waals surface area (Å²) in [6.07, 6.45) is 6.06. The molecule has 0 N–H and O–H groups in total. The summed E-state index contributed by atoms with van der Waals surface area (Å²) in [5.74, 6) is 1.81. The van der Waals surface area contributed by atoms with E-state index >= 15 is 0 Å². The number of hydrogen-bond donors (Lipinski definition) is 0. The molecule has 3 fully saturated rings. The zero-order chi connectivity index (χ0) is 36.4. The Morgan fingerprint density at radius 2 is 1.41 bits per heavy atom. The van der Waals surface area contributed by atoms with Crippen LogP contribution in [0.1, 0.15) is 142 Å². The summed E-state index contributed by atoms with van der Waals surface area (Å²) in [5.41, 5.74) is -0.432. The zero-order valence-corrected chi connectivity index (χ0v) is 32.5. The van der Waals surface area contributed by atoms with Gasteiger partial charge in [0.25, 0.3) is 0 Å². The Kier molecular flexibility index (Phi) is 22.4. The molecule has 2 aliphatic carbocycles. The predicted octanol–water partition coefficient (Wildman–Crippen LogP) is 10.0. The second-order valence-corrected chi connectivity index (χ2v) is 13.4. The minimum Gasteiger partial charge on any atom is -0.471 e. The number of carbonyl (C=O) groups excluding carboxylic acids is 3. The third kappa shape index (κ3) is 12.5. The maximum Gasteiger partial charge on any atom is 0.183 e. The van der Waals surface area contributed by atoms with Gasteiger partial charge in [0.1, 0.15) is 23.1 Å². The highest BCUT2D eigenvalue weighted by Crippen LogP contribution is 2.48. The highest BCUT2D eigenvalue weighted by atomic mass is 16.5. The summed E-state index contributed by atoms with van der Waals surface area (Å²) in [5, 5.41) is 0. The third-order valence-electron chi connectivity index (χ3n) is 9.46. The van der Waals surface area contributed by atoms with Crippen molar-refractivity contribution in [1.29, 1.82) is 0 Å². The fourth-order valence-corrected chi connectivity index (χ4v) is 7.38. The summed E-state index contributed by atoms with van der Waals surface area (Å²) >= 11 is 0. The van der Waals surface area contributed by atoms with Crippen LogP contribution < -0.4 is 0 Å². The van der Waals surface area contributed by atoms with Gasteiger partial charge < -0.3 is 14.4 Å². The van der Waals surface area contributed by atoms with Gasteiger partial charge in [0.2, 0.25) is 0 Å². The molecule has 3 rings (SSSR count). The number of hydrogen-bond acceptors (Lipinski definition) is 6. The van der Waals surface area contributed by atoms with Gasteiger partial charge in [0.15, 0.2) is 5.88 Å². The largest absolute Gasteiger partial charge is 0.471 e. The van der Waals surface area contributed by atoms with Gasteiger partial charge in [-0.2, -0.15) is 0 Å². The molecule has 0 bridgehead atoms. The quantitative estimate of drug-likeness (QED) is 0.162. The summed E-state index contributed by atoms with van der Waals surface area (Å²) in [7, 11) is 0. The summed E-state index contributed by atoms with van der Waals surface area (Å²) in [6, 6.07) is -0.222. The molecule has 0 aromatic rings. The van der Waals surface area contributed by atoms with Crippen molar-refractivity contribution >= 4 is 17.5 Å². The molecule has 6 nitrogen and oxygen atoms in total. The second-order valence-electron chi connectivity index (χ2n) is 13.4. The minimum atomic E-state index is -0.742. The first-order chi connectivity index (χ1) is 21.8. The van der Waals surface area contributed by atoms with Crippen molar-refractivity contribution in [3.05, 3.63) is 31.2 Å². The fraction of sp³-hybridized carbons (Fsp3) is 0.800. The van der Waals surface area contributed by atoms with Crippen LogP contribution in [0.5, 0.6) is 0 Å². The topological polar surface area (TPSA) is 72.9 Å². The van der Waals surface area contributed by atoms with Crippen molar-refractivity contribution in [2.75, 3.05) is 13.2 Å². The molecule has 3 unspecified atom stereocenters. The average Bonchev–Trinajstić information content (AvgIpc) is 3.84. The number of ether oxygens (including phenoxy) is 2. The first-order valence-electron chi connectivity index (χ1n) is 18.3. The molecular formula is C40H73NO5. The molecule has 268 valence electrons. The van der Waals surface area contributed by atoms with Crippen LogP contribution in [0.4, 0.5) is 0 Å². The maximum absolute atomic E-state index is 14.0. The lowest BCUT2D eigenvalue weighted by Crippen LogP contribution is -2.54. The molecule has 3 aliphatic rings. The average molecular weight is 648 g/mol. The van der Waals surface area contributed by atoms with Crippen LogP contribution in [-0.2, 0) is 23.9 Å². The van der Waals surface area contributed by atoms with E-state index in [1.807, 2.05) is 69.2 Å². The van der Waals surface area contributed by atoms with E-state index in [1.54, 1.807) is 0 Å².